The molecule has 1 aromatic heterocycles. The minimum Gasteiger partial charge on any atom is -0.497 e. The van der Waals surface area contributed by atoms with Gasteiger partial charge in [-0.2, -0.15) is 4.31 Å². The highest BCUT2D eigenvalue weighted by Crippen LogP contribution is 2.33. The second-order valence-corrected chi connectivity index (χ2v) is 9.59. The Kier molecular flexibility index (Phi) is 5.62. The zero-order chi connectivity index (χ0) is 20.4. The van der Waals surface area contributed by atoms with Crippen molar-refractivity contribution in [3.63, 3.8) is 0 Å². The fourth-order valence-corrected chi connectivity index (χ4v) is 5.85. The van der Waals surface area contributed by atoms with Crippen LogP contribution in [0.5, 0.6) is 16.7 Å². The first-order chi connectivity index (χ1) is 14.0. The summed E-state index contributed by atoms with van der Waals surface area (Å²) >= 11 is 1.48. The second kappa shape index (κ2) is 8.17. The van der Waals surface area contributed by atoms with E-state index < -0.39 is 10.0 Å². The number of hydrogen-bond acceptors (Lipinski definition) is 7. The molecule has 0 radical (unpaired) electrons. The molecule has 1 saturated heterocycles. The summed E-state index contributed by atoms with van der Waals surface area (Å²) in [5.41, 5.74) is 0.834. The molecule has 1 aliphatic rings. The summed E-state index contributed by atoms with van der Waals surface area (Å²) < 4.78 is 45.0. The van der Waals surface area contributed by atoms with Crippen LogP contribution in [0, 0.1) is 0 Å². The zero-order valence-corrected chi connectivity index (χ0v) is 17.8. The molecule has 0 unspecified atom stereocenters. The Morgan fingerprint density at radius 2 is 1.83 bits per heavy atom. The highest BCUT2D eigenvalue weighted by Gasteiger charge is 2.32. The molecule has 0 bridgehead atoms. The van der Waals surface area contributed by atoms with E-state index >= 15 is 0 Å². The van der Waals surface area contributed by atoms with Gasteiger partial charge in [0.2, 0.25) is 10.0 Å². The van der Waals surface area contributed by atoms with Gasteiger partial charge in [0.05, 0.1) is 24.4 Å². The summed E-state index contributed by atoms with van der Waals surface area (Å²) in [6, 6.07) is 12.4. The highest BCUT2D eigenvalue weighted by atomic mass is 32.2. The normalized spacial score (nSPS) is 16.1. The minimum absolute atomic E-state index is 0.0680. The number of methoxy groups -OCH3 is 2. The van der Waals surface area contributed by atoms with Crippen LogP contribution in [-0.2, 0) is 10.0 Å². The van der Waals surface area contributed by atoms with Crippen molar-refractivity contribution in [1.29, 1.82) is 0 Å². The standard InChI is InChI=1S/C20H22N2O5S2/c1-25-15-7-8-18-16(13-15)21-20(28-18)27-14-9-11-22(12-10-14)29(23,24)19-6-4-3-5-17(19)26-2/h3-8,13-14H,9-12H2,1-2H3. The zero-order valence-electron chi connectivity index (χ0n) is 16.2. The number of benzene rings is 2. The van der Waals surface area contributed by atoms with Crippen molar-refractivity contribution in [2.45, 2.75) is 23.8 Å². The summed E-state index contributed by atoms with van der Waals surface area (Å²) in [6.45, 7) is 0.785. The van der Waals surface area contributed by atoms with E-state index in [0.29, 0.717) is 36.9 Å². The molecule has 0 saturated carbocycles. The first-order valence-corrected chi connectivity index (χ1v) is 11.5. The van der Waals surface area contributed by atoms with Crippen molar-refractivity contribution in [2.24, 2.45) is 0 Å². The van der Waals surface area contributed by atoms with Crippen LogP contribution in [0.2, 0.25) is 0 Å². The van der Waals surface area contributed by atoms with Crippen LogP contribution >= 0.6 is 11.3 Å². The number of para-hydroxylation sites is 1. The van der Waals surface area contributed by atoms with Crippen molar-refractivity contribution in [2.75, 3.05) is 27.3 Å². The molecule has 2 heterocycles. The van der Waals surface area contributed by atoms with Gasteiger partial charge in [-0.25, -0.2) is 13.4 Å². The highest BCUT2D eigenvalue weighted by molar-refractivity contribution is 7.89. The fourth-order valence-electron chi connectivity index (χ4n) is 3.37. The van der Waals surface area contributed by atoms with Crippen LogP contribution in [0.15, 0.2) is 47.4 Å². The van der Waals surface area contributed by atoms with Crippen molar-refractivity contribution in [3.8, 4) is 16.7 Å². The first kappa shape index (κ1) is 19.9. The van der Waals surface area contributed by atoms with E-state index in [4.69, 9.17) is 14.2 Å². The van der Waals surface area contributed by atoms with Crippen LogP contribution in [0.3, 0.4) is 0 Å². The maximum Gasteiger partial charge on any atom is 0.274 e. The smallest absolute Gasteiger partial charge is 0.274 e. The van der Waals surface area contributed by atoms with E-state index in [-0.39, 0.29) is 11.0 Å². The topological polar surface area (TPSA) is 78.0 Å². The molecule has 4 rings (SSSR count). The van der Waals surface area contributed by atoms with E-state index in [2.05, 4.69) is 4.98 Å². The summed E-state index contributed by atoms with van der Waals surface area (Å²) in [6.07, 6.45) is 1.14. The number of piperidine rings is 1. The summed E-state index contributed by atoms with van der Waals surface area (Å²) in [5, 5.41) is 0.597. The Hall–Kier alpha value is -2.36. The van der Waals surface area contributed by atoms with Gasteiger partial charge in [0.1, 0.15) is 22.5 Å². The quantitative estimate of drug-likeness (QED) is 0.591. The number of hydrogen-bond donors (Lipinski definition) is 0. The Bertz CT molecular complexity index is 1110. The lowest BCUT2D eigenvalue weighted by atomic mass is 10.1. The summed E-state index contributed by atoms with van der Waals surface area (Å²) in [4.78, 5) is 4.72. The average Bonchev–Trinajstić information content (AvgIpc) is 3.15. The van der Waals surface area contributed by atoms with Gasteiger partial charge in [0, 0.05) is 19.2 Å². The third-order valence-corrected chi connectivity index (χ3v) is 7.80. The van der Waals surface area contributed by atoms with Crippen molar-refractivity contribution in [3.05, 3.63) is 42.5 Å². The Balaban J connectivity index is 1.43. The fraction of sp³-hybridized carbons (Fsp3) is 0.350. The molecule has 0 atom stereocenters. The van der Waals surface area contributed by atoms with Crippen LogP contribution in [0.1, 0.15) is 12.8 Å². The number of nitrogens with zero attached hydrogens (tertiary/aromatic N) is 2. The number of ether oxygens (including phenoxy) is 3. The van der Waals surface area contributed by atoms with Crippen LogP contribution in [0.25, 0.3) is 10.2 Å². The molecule has 7 nitrogen and oxygen atoms in total. The third-order valence-electron chi connectivity index (χ3n) is 4.93. The van der Waals surface area contributed by atoms with E-state index in [1.807, 2.05) is 18.2 Å². The lowest BCUT2D eigenvalue weighted by Crippen LogP contribution is -2.41. The van der Waals surface area contributed by atoms with Crippen molar-refractivity contribution >= 4 is 31.6 Å². The number of fused-ring (bicyclic) bond motifs is 1. The number of rotatable bonds is 6. The van der Waals surface area contributed by atoms with E-state index in [1.165, 1.54) is 22.8 Å². The molecule has 29 heavy (non-hydrogen) atoms. The second-order valence-electron chi connectivity index (χ2n) is 6.69. The molecule has 9 heteroatoms. The molecule has 0 N–H and O–H groups in total. The van der Waals surface area contributed by atoms with Gasteiger partial charge in [-0.15, -0.1) is 0 Å². The molecular formula is C20H22N2O5S2. The monoisotopic (exact) mass is 434 g/mol. The number of thiazole rings is 1. The van der Waals surface area contributed by atoms with Crippen LogP contribution < -0.4 is 14.2 Å². The average molecular weight is 435 g/mol. The Morgan fingerprint density at radius 3 is 2.55 bits per heavy atom. The van der Waals surface area contributed by atoms with Gasteiger partial charge in [-0.05, 0) is 37.1 Å². The van der Waals surface area contributed by atoms with Crippen LogP contribution in [-0.4, -0.2) is 51.1 Å². The molecule has 154 valence electrons. The molecule has 1 fully saturated rings. The minimum atomic E-state index is -3.60. The molecule has 0 aliphatic carbocycles. The van der Waals surface area contributed by atoms with E-state index in [9.17, 15) is 8.42 Å². The molecule has 0 amide bonds. The summed E-state index contributed by atoms with van der Waals surface area (Å²) in [7, 11) is -0.506. The maximum absolute atomic E-state index is 13.0. The Labute approximate surface area is 173 Å². The molecule has 0 spiro atoms. The lowest BCUT2D eigenvalue weighted by Gasteiger charge is -2.31. The maximum atomic E-state index is 13.0. The van der Waals surface area contributed by atoms with Gasteiger partial charge in [-0.1, -0.05) is 23.5 Å². The SMILES string of the molecule is COc1ccc2sc(OC3CCN(S(=O)(=O)c4ccccc4OC)CC3)nc2c1. The van der Waals surface area contributed by atoms with Gasteiger partial charge in [-0.3, -0.25) is 0 Å². The third kappa shape index (κ3) is 4.03. The molecule has 3 aromatic rings. The van der Waals surface area contributed by atoms with Crippen LogP contribution in [0.4, 0.5) is 0 Å². The first-order valence-electron chi connectivity index (χ1n) is 9.25. The molecular weight excluding hydrogens is 412 g/mol. The molecule has 2 aromatic carbocycles. The number of sulfonamides is 1. The van der Waals surface area contributed by atoms with Crippen molar-refractivity contribution < 1.29 is 22.6 Å². The lowest BCUT2D eigenvalue weighted by molar-refractivity contribution is 0.135. The van der Waals surface area contributed by atoms with Gasteiger partial charge in [0.15, 0.2) is 0 Å². The van der Waals surface area contributed by atoms with Crippen molar-refractivity contribution in [1.82, 2.24) is 9.29 Å². The van der Waals surface area contributed by atoms with Gasteiger partial charge < -0.3 is 14.2 Å². The Morgan fingerprint density at radius 1 is 1.07 bits per heavy atom. The molecule has 1 aliphatic heterocycles. The van der Waals surface area contributed by atoms with Gasteiger partial charge >= 0.3 is 0 Å². The largest absolute Gasteiger partial charge is 0.497 e. The number of aromatic nitrogens is 1. The van der Waals surface area contributed by atoms with E-state index in [0.717, 1.165) is 16.0 Å². The summed E-state index contributed by atoms with van der Waals surface area (Å²) in [5.74, 6) is 1.11. The predicted octanol–water partition coefficient (Wildman–Crippen LogP) is 3.55. The van der Waals surface area contributed by atoms with Gasteiger partial charge in [0.25, 0.3) is 5.19 Å². The van der Waals surface area contributed by atoms with E-state index in [1.54, 1.807) is 31.4 Å². The predicted molar refractivity (Wildman–Crippen MR) is 112 cm³/mol.